The van der Waals surface area contributed by atoms with Crippen molar-refractivity contribution in [3.8, 4) is 0 Å². The van der Waals surface area contributed by atoms with Crippen LogP contribution >= 0.6 is 34.4 Å². The lowest BCUT2D eigenvalue weighted by molar-refractivity contribution is -0.127. The molecule has 3 amide bonds. The fourth-order valence-corrected chi connectivity index (χ4v) is 3.58. The summed E-state index contributed by atoms with van der Waals surface area (Å²) in [6, 6.07) is 13.0. The second-order valence-corrected chi connectivity index (χ2v) is 7.99. The van der Waals surface area contributed by atoms with Crippen molar-refractivity contribution in [3.63, 3.8) is 0 Å². The molecule has 0 saturated carbocycles. The Balaban J connectivity index is 1.68. The van der Waals surface area contributed by atoms with Gasteiger partial charge in [-0.05, 0) is 82.4 Å². The van der Waals surface area contributed by atoms with E-state index in [4.69, 9.17) is 5.11 Å². The Bertz CT molecular complexity index is 986. The normalized spacial score (nSPS) is 15.2. The SMILES string of the molecule is O=C(CN1C(=O)S/C(=C\c2ccc(C(=O)O)cc2)C1=O)Nc1ccc(I)cc1. The van der Waals surface area contributed by atoms with Crippen molar-refractivity contribution >= 4 is 69.1 Å². The van der Waals surface area contributed by atoms with E-state index >= 15 is 0 Å². The zero-order valence-corrected chi connectivity index (χ0v) is 17.2. The molecule has 2 aromatic rings. The Kier molecular flexibility index (Phi) is 6.15. The molecule has 1 fully saturated rings. The molecule has 2 N–H and O–H groups in total. The highest BCUT2D eigenvalue weighted by Gasteiger charge is 2.36. The van der Waals surface area contributed by atoms with Crippen LogP contribution in [0.5, 0.6) is 0 Å². The first-order chi connectivity index (χ1) is 13.3. The van der Waals surface area contributed by atoms with E-state index in [1.165, 1.54) is 18.2 Å². The van der Waals surface area contributed by atoms with Crippen molar-refractivity contribution in [2.75, 3.05) is 11.9 Å². The van der Waals surface area contributed by atoms with Gasteiger partial charge in [0.05, 0.1) is 10.5 Å². The number of thioether (sulfide) groups is 1. The lowest BCUT2D eigenvalue weighted by atomic mass is 10.1. The first kappa shape index (κ1) is 20.1. The number of carbonyl (C=O) groups is 4. The van der Waals surface area contributed by atoms with E-state index in [1.54, 1.807) is 24.3 Å². The molecule has 142 valence electrons. The van der Waals surface area contributed by atoms with Crippen molar-refractivity contribution in [2.24, 2.45) is 0 Å². The van der Waals surface area contributed by atoms with Crippen LogP contribution in [0.25, 0.3) is 6.08 Å². The molecule has 0 unspecified atom stereocenters. The number of hydrogen-bond donors (Lipinski definition) is 2. The Morgan fingerprint density at radius 3 is 2.32 bits per heavy atom. The molecule has 28 heavy (non-hydrogen) atoms. The molecule has 7 nitrogen and oxygen atoms in total. The van der Waals surface area contributed by atoms with Crippen LogP contribution in [0.2, 0.25) is 0 Å². The highest BCUT2D eigenvalue weighted by molar-refractivity contribution is 14.1. The molecule has 2 aromatic carbocycles. The third kappa shape index (κ3) is 4.78. The van der Waals surface area contributed by atoms with Crippen LogP contribution in [0.3, 0.4) is 0 Å². The molecule has 0 atom stereocenters. The predicted octanol–water partition coefficient (Wildman–Crippen LogP) is 3.66. The second-order valence-electron chi connectivity index (χ2n) is 5.75. The van der Waals surface area contributed by atoms with E-state index in [0.29, 0.717) is 11.3 Å². The zero-order valence-electron chi connectivity index (χ0n) is 14.2. The average Bonchev–Trinajstić information content (AvgIpc) is 2.91. The number of carboxylic acid groups (broad SMARTS) is 1. The number of halogens is 1. The third-order valence-corrected chi connectivity index (χ3v) is 5.39. The van der Waals surface area contributed by atoms with E-state index in [0.717, 1.165) is 20.2 Å². The van der Waals surface area contributed by atoms with Crippen LogP contribution in [0, 0.1) is 3.57 Å². The summed E-state index contributed by atoms with van der Waals surface area (Å²) in [5, 5.41) is 11.0. The molecule has 1 saturated heterocycles. The Morgan fingerprint density at radius 2 is 1.71 bits per heavy atom. The van der Waals surface area contributed by atoms with E-state index in [9.17, 15) is 19.2 Å². The Labute approximate surface area is 177 Å². The zero-order chi connectivity index (χ0) is 20.3. The molecular formula is C19H13IN2O5S. The molecule has 9 heteroatoms. The van der Waals surface area contributed by atoms with Crippen LogP contribution in [-0.4, -0.2) is 39.6 Å². The summed E-state index contributed by atoms with van der Waals surface area (Å²) >= 11 is 2.88. The fraction of sp³-hybridized carbons (Fsp3) is 0.0526. The highest BCUT2D eigenvalue weighted by Crippen LogP contribution is 2.32. The van der Waals surface area contributed by atoms with E-state index in [1.807, 2.05) is 12.1 Å². The maximum Gasteiger partial charge on any atom is 0.335 e. The largest absolute Gasteiger partial charge is 0.478 e. The van der Waals surface area contributed by atoms with Gasteiger partial charge >= 0.3 is 5.97 Å². The number of hydrogen-bond acceptors (Lipinski definition) is 5. The molecule has 0 aliphatic carbocycles. The monoisotopic (exact) mass is 508 g/mol. The summed E-state index contributed by atoms with van der Waals surface area (Å²) in [6.07, 6.45) is 1.49. The number of nitrogens with zero attached hydrogens (tertiary/aromatic N) is 1. The van der Waals surface area contributed by atoms with Gasteiger partial charge in [0.1, 0.15) is 6.54 Å². The standard InChI is InChI=1S/C19H13IN2O5S/c20-13-5-7-14(8-6-13)21-16(23)10-22-17(24)15(28-19(22)27)9-11-1-3-12(4-2-11)18(25)26/h1-9H,10H2,(H,21,23)(H,25,26)/b15-9-. The van der Waals surface area contributed by atoms with E-state index in [-0.39, 0.29) is 17.0 Å². The Morgan fingerprint density at radius 1 is 1.07 bits per heavy atom. The van der Waals surface area contributed by atoms with Crippen LogP contribution in [-0.2, 0) is 9.59 Å². The van der Waals surface area contributed by atoms with Gasteiger partial charge in [0.25, 0.3) is 11.1 Å². The topological polar surface area (TPSA) is 104 Å². The Hall–Kier alpha value is -2.66. The number of nitrogens with one attached hydrogen (secondary N) is 1. The summed E-state index contributed by atoms with van der Waals surface area (Å²) < 4.78 is 1.02. The highest BCUT2D eigenvalue weighted by atomic mass is 127. The minimum Gasteiger partial charge on any atom is -0.478 e. The maximum absolute atomic E-state index is 12.5. The van der Waals surface area contributed by atoms with Crippen molar-refractivity contribution in [1.82, 2.24) is 4.90 Å². The minimum atomic E-state index is -1.05. The van der Waals surface area contributed by atoms with Crippen molar-refractivity contribution < 1.29 is 24.3 Å². The van der Waals surface area contributed by atoms with Gasteiger partial charge in [-0.25, -0.2) is 4.79 Å². The quantitative estimate of drug-likeness (QED) is 0.472. The van der Waals surface area contributed by atoms with Gasteiger partial charge in [0.15, 0.2) is 0 Å². The summed E-state index contributed by atoms with van der Waals surface area (Å²) in [4.78, 5) is 48.7. The van der Waals surface area contributed by atoms with Crippen molar-refractivity contribution in [2.45, 2.75) is 0 Å². The summed E-state index contributed by atoms with van der Waals surface area (Å²) in [5.41, 5.74) is 1.28. The van der Waals surface area contributed by atoms with E-state index < -0.39 is 23.0 Å². The molecule has 0 aromatic heterocycles. The molecule has 0 spiro atoms. The lowest BCUT2D eigenvalue weighted by Gasteiger charge is -2.12. The molecule has 1 aliphatic heterocycles. The van der Waals surface area contributed by atoms with Gasteiger partial charge < -0.3 is 10.4 Å². The minimum absolute atomic E-state index is 0.123. The van der Waals surface area contributed by atoms with Crippen LogP contribution in [0.4, 0.5) is 10.5 Å². The first-order valence-electron chi connectivity index (χ1n) is 7.97. The second kappa shape index (κ2) is 8.57. The summed E-state index contributed by atoms with van der Waals surface area (Å²) in [6.45, 7) is -0.383. The predicted molar refractivity (Wildman–Crippen MR) is 114 cm³/mol. The van der Waals surface area contributed by atoms with Gasteiger partial charge in [-0.1, -0.05) is 12.1 Å². The van der Waals surface area contributed by atoms with E-state index in [2.05, 4.69) is 27.9 Å². The smallest absolute Gasteiger partial charge is 0.335 e. The number of imide groups is 1. The van der Waals surface area contributed by atoms with Gasteiger partial charge in [0, 0.05) is 9.26 Å². The van der Waals surface area contributed by atoms with Gasteiger partial charge in [-0.3, -0.25) is 19.3 Å². The maximum atomic E-state index is 12.5. The van der Waals surface area contributed by atoms with Crippen LogP contribution in [0.15, 0.2) is 53.4 Å². The van der Waals surface area contributed by atoms with Gasteiger partial charge in [-0.2, -0.15) is 0 Å². The number of carbonyl (C=O) groups excluding carboxylic acids is 3. The molecule has 3 rings (SSSR count). The number of rotatable bonds is 5. The lowest BCUT2D eigenvalue weighted by Crippen LogP contribution is -2.36. The number of benzene rings is 2. The molecule has 0 radical (unpaired) electrons. The summed E-state index contributed by atoms with van der Waals surface area (Å²) in [5.74, 6) is -2.09. The summed E-state index contributed by atoms with van der Waals surface area (Å²) in [7, 11) is 0. The number of aromatic carboxylic acids is 1. The molecule has 1 aliphatic rings. The molecular weight excluding hydrogens is 495 g/mol. The molecule has 0 bridgehead atoms. The average molecular weight is 508 g/mol. The van der Waals surface area contributed by atoms with Crippen molar-refractivity contribution in [3.05, 3.63) is 68.1 Å². The van der Waals surface area contributed by atoms with Crippen LogP contribution in [0.1, 0.15) is 15.9 Å². The van der Waals surface area contributed by atoms with Gasteiger partial charge in [-0.15, -0.1) is 0 Å². The van der Waals surface area contributed by atoms with Crippen LogP contribution < -0.4 is 5.32 Å². The number of carboxylic acids is 1. The van der Waals surface area contributed by atoms with Crippen molar-refractivity contribution in [1.29, 1.82) is 0 Å². The third-order valence-electron chi connectivity index (χ3n) is 3.76. The fourth-order valence-electron chi connectivity index (χ4n) is 2.39. The first-order valence-corrected chi connectivity index (χ1v) is 9.87. The number of anilines is 1. The number of amides is 3. The van der Waals surface area contributed by atoms with Gasteiger partial charge in [0.2, 0.25) is 5.91 Å². The molecule has 1 heterocycles.